The van der Waals surface area contributed by atoms with Crippen molar-refractivity contribution in [3.8, 4) is 0 Å². The fraction of sp³-hybridized carbons (Fsp3) is 0.312. The molecule has 0 saturated heterocycles. The maximum Gasteiger partial charge on any atom is 0.340 e. The third-order valence-electron chi connectivity index (χ3n) is 3.07. The van der Waals surface area contributed by atoms with Crippen molar-refractivity contribution in [3.63, 3.8) is 0 Å². The van der Waals surface area contributed by atoms with Gasteiger partial charge in [0, 0.05) is 23.6 Å². The predicted molar refractivity (Wildman–Crippen MR) is 77.3 cm³/mol. The molecule has 100 valence electrons. The molecule has 0 aliphatic rings. The van der Waals surface area contributed by atoms with Crippen molar-refractivity contribution in [1.29, 1.82) is 0 Å². The molecule has 1 aromatic heterocycles. The van der Waals surface area contributed by atoms with Gasteiger partial charge in [-0.25, -0.2) is 4.79 Å². The Kier molecular flexibility index (Phi) is 4.39. The molecule has 0 aliphatic heterocycles. The van der Waals surface area contributed by atoms with Gasteiger partial charge in [-0.05, 0) is 12.5 Å². The van der Waals surface area contributed by atoms with Crippen molar-refractivity contribution in [1.82, 2.24) is 4.57 Å². The van der Waals surface area contributed by atoms with Gasteiger partial charge in [-0.1, -0.05) is 37.6 Å². The summed E-state index contributed by atoms with van der Waals surface area (Å²) >= 11 is 0. The van der Waals surface area contributed by atoms with Crippen molar-refractivity contribution in [2.75, 3.05) is 6.61 Å². The lowest BCUT2D eigenvalue weighted by Gasteiger charge is -2.02. The van der Waals surface area contributed by atoms with Crippen molar-refractivity contribution in [2.24, 2.45) is 0 Å². The number of fused-ring (bicyclic) bond motifs is 1. The average molecular weight is 257 g/mol. The average Bonchev–Trinajstić information content (AvgIpc) is 2.79. The first-order valence-corrected chi connectivity index (χ1v) is 6.63. The number of esters is 1. The van der Waals surface area contributed by atoms with E-state index in [4.69, 9.17) is 4.74 Å². The van der Waals surface area contributed by atoms with E-state index >= 15 is 0 Å². The summed E-state index contributed by atoms with van der Waals surface area (Å²) in [5.74, 6) is -0.243. The Morgan fingerprint density at radius 1 is 1.42 bits per heavy atom. The van der Waals surface area contributed by atoms with Crippen molar-refractivity contribution >= 4 is 16.9 Å². The number of unbranched alkanes of at least 4 members (excludes halogenated alkanes) is 1. The van der Waals surface area contributed by atoms with Crippen LogP contribution in [0.15, 0.2) is 43.1 Å². The van der Waals surface area contributed by atoms with Gasteiger partial charge in [0.1, 0.15) is 0 Å². The van der Waals surface area contributed by atoms with Gasteiger partial charge in [-0.15, -0.1) is 6.58 Å². The maximum absolute atomic E-state index is 12.1. The van der Waals surface area contributed by atoms with Crippen molar-refractivity contribution in [3.05, 3.63) is 48.7 Å². The normalized spacial score (nSPS) is 10.6. The summed E-state index contributed by atoms with van der Waals surface area (Å²) in [4.78, 5) is 12.1. The van der Waals surface area contributed by atoms with Crippen LogP contribution in [0.25, 0.3) is 10.9 Å². The highest BCUT2D eigenvalue weighted by Gasteiger charge is 2.15. The predicted octanol–water partition coefficient (Wildman–Crippen LogP) is 3.78. The Bertz CT molecular complexity index is 583. The lowest BCUT2D eigenvalue weighted by atomic mass is 10.2. The molecule has 1 aromatic carbocycles. The Labute approximate surface area is 113 Å². The fourth-order valence-corrected chi connectivity index (χ4v) is 2.09. The van der Waals surface area contributed by atoms with Gasteiger partial charge in [0.05, 0.1) is 12.2 Å². The van der Waals surface area contributed by atoms with Crippen LogP contribution in [-0.2, 0) is 11.3 Å². The fourth-order valence-electron chi connectivity index (χ4n) is 2.09. The van der Waals surface area contributed by atoms with E-state index in [1.165, 1.54) is 0 Å². The van der Waals surface area contributed by atoms with Gasteiger partial charge in [0.2, 0.25) is 0 Å². The number of aromatic nitrogens is 1. The molecule has 0 amide bonds. The molecular weight excluding hydrogens is 238 g/mol. The van der Waals surface area contributed by atoms with Crippen molar-refractivity contribution < 1.29 is 9.53 Å². The zero-order chi connectivity index (χ0) is 13.7. The van der Waals surface area contributed by atoms with Crippen LogP contribution in [0.5, 0.6) is 0 Å². The van der Waals surface area contributed by atoms with Gasteiger partial charge in [-0.3, -0.25) is 0 Å². The molecule has 19 heavy (non-hydrogen) atoms. The Balaban J connectivity index is 2.32. The second-order valence-electron chi connectivity index (χ2n) is 4.49. The summed E-state index contributed by atoms with van der Waals surface area (Å²) in [5, 5.41) is 0.936. The lowest BCUT2D eigenvalue weighted by molar-refractivity contribution is 0.0502. The summed E-state index contributed by atoms with van der Waals surface area (Å²) in [5.41, 5.74) is 1.67. The molecule has 2 rings (SSSR count). The molecule has 0 saturated carbocycles. The number of benzene rings is 1. The standard InChI is InChI=1S/C16H19NO2/c1-3-5-11-19-16(18)14-12-17(10-4-2)15-9-7-6-8-13(14)15/h4,6-9,12H,2-3,5,10-11H2,1H3. The number of nitrogens with zero attached hydrogens (tertiary/aromatic N) is 1. The summed E-state index contributed by atoms with van der Waals surface area (Å²) in [6.07, 6.45) is 5.59. The van der Waals surface area contributed by atoms with E-state index in [9.17, 15) is 4.79 Å². The van der Waals surface area contributed by atoms with Gasteiger partial charge < -0.3 is 9.30 Å². The number of carbonyl (C=O) groups excluding carboxylic acids is 1. The third-order valence-corrected chi connectivity index (χ3v) is 3.07. The molecule has 0 aliphatic carbocycles. The van der Waals surface area contributed by atoms with Crippen LogP contribution in [0.1, 0.15) is 30.1 Å². The molecule has 3 nitrogen and oxygen atoms in total. The summed E-state index contributed by atoms with van der Waals surface area (Å²) in [6.45, 7) is 6.98. The minimum Gasteiger partial charge on any atom is -0.462 e. The van der Waals surface area contributed by atoms with Gasteiger partial charge in [0.15, 0.2) is 0 Å². The molecule has 2 aromatic rings. The maximum atomic E-state index is 12.1. The van der Waals surface area contributed by atoms with E-state index in [1.54, 1.807) is 0 Å². The van der Waals surface area contributed by atoms with Crippen LogP contribution in [0.3, 0.4) is 0 Å². The minimum atomic E-state index is -0.243. The van der Waals surface area contributed by atoms with Crippen LogP contribution in [-0.4, -0.2) is 17.1 Å². The third kappa shape index (κ3) is 2.87. The Morgan fingerprint density at radius 2 is 2.21 bits per heavy atom. The van der Waals surface area contributed by atoms with Gasteiger partial charge in [0.25, 0.3) is 0 Å². The van der Waals surface area contributed by atoms with E-state index in [0.717, 1.165) is 23.7 Å². The second kappa shape index (κ2) is 6.23. The number of hydrogen-bond donors (Lipinski definition) is 0. The van der Waals surface area contributed by atoms with Crippen LogP contribution >= 0.6 is 0 Å². The zero-order valence-electron chi connectivity index (χ0n) is 11.3. The first kappa shape index (κ1) is 13.4. The van der Waals surface area contributed by atoms with E-state index in [1.807, 2.05) is 41.1 Å². The Morgan fingerprint density at radius 3 is 2.95 bits per heavy atom. The van der Waals surface area contributed by atoms with Crippen LogP contribution in [0, 0.1) is 0 Å². The van der Waals surface area contributed by atoms with E-state index in [-0.39, 0.29) is 5.97 Å². The van der Waals surface area contributed by atoms with E-state index in [2.05, 4.69) is 13.5 Å². The largest absolute Gasteiger partial charge is 0.462 e. The first-order chi connectivity index (χ1) is 9.27. The van der Waals surface area contributed by atoms with Gasteiger partial charge >= 0.3 is 5.97 Å². The first-order valence-electron chi connectivity index (χ1n) is 6.63. The number of allylic oxidation sites excluding steroid dienone is 1. The highest BCUT2D eigenvalue weighted by atomic mass is 16.5. The zero-order valence-corrected chi connectivity index (χ0v) is 11.3. The number of carbonyl (C=O) groups is 1. The summed E-state index contributed by atoms with van der Waals surface area (Å²) in [6, 6.07) is 7.85. The SMILES string of the molecule is C=CCn1cc(C(=O)OCCCC)c2ccccc21. The monoisotopic (exact) mass is 257 g/mol. The second-order valence-corrected chi connectivity index (χ2v) is 4.49. The molecule has 1 heterocycles. The molecule has 0 N–H and O–H groups in total. The van der Waals surface area contributed by atoms with Crippen LogP contribution in [0.4, 0.5) is 0 Å². The molecule has 0 unspecified atom stereocenters. The number of ether oxygens (including phenoxy) is 1. The Hall–Kier alpha value is -2.03. The molecule has 3 heteroatoms. The molecule has 0 radical (unpaired) electrons. The summed E-state index contributed by atoms with van der Waals surface area (Å²) < 4.78 is 7.30. The number of para-hydroxylation sites is 1. The molecule has 0 fully saturated rings. The number of rotatable bonds is 6. The number of hydrogen-bond acceptors (Lipinski definition) is 2. The van der Waals surface area contributed by atoms with E-state index < -0.39 is 0 Å². The highest BCUT2D eigenvalue weighted by molar-refractivity contribution is 6.04. The van der Waals surface area contributed by atoms with Gasteiger partial charge in [-0.2, -0.15) is 0 Å². The van der Waals surface area contributed by atoms with E-state index in [0.29, 0.717) is 18.7 Å². The molecule has 0 atom stereocenters. The van der Waals surface area contributed by atoms with Crippen LogP contribution < -0.4 is 0 Å². The molecular formula is C16H19NO2. The lowest BCUT2D eigenvalue weighted by Crippen LogP contribution is -2.05. The van der Waals surface area contributed by atoms with Crippen LogP contribution in [0.2, 0.25) is 0 Å². The summed E-state index contributed by atoms with van der Waals surface area (Å²) in [7, 11) is 0. The van der Waals surface area contributed by atoms with Crippen molar-refractivity contribution in [2.45, 2.75) is 26.3 Å². The minimum absolute atomic E-state index is 0.243. The molecule has 0 spiro atoms. The smallest absolute Gasteiger partial charge is 0.340 e. The molecule has 0 bridgehead atoms. The highest BCUT2D eigenvalue weighted by Crippen LogP contribution is 2.22. The topological polar surface area (TPSA) is 31.2 Å². The quantitative estimate of drug-likeness (QED) is 0.448.